The molecule has 1 saturated heterocycles. The highest BCUT2D eigenvalue weighted by Crippen LogP contribution is 2.39. The normalized spacial score (nSPS) is 24.3. The Morgan fingerprint density at radius 1 is 1.50 bits per heavy atom. The second kappa shape index (κ2) is 4.31. The van der Waals surface area contributed by atoms with Crippen molar-refractivity contribution in [2.45, 2.75) is 51.9 Å². The fourth-order valence-corrected chi connectivity index (χ4v) is 3.20. The zero-order valence-electron chi connectivity index (χ0n) is 11.0. The Morgan fingerprint density at radius 2 is 2.00 bits per heavy atom. The van der Waals surface area contributed by atoms with Gasteiger partial charge in [0.1, 0.15) is 0 Å². The third-order valence-corrected chi connectivity index (χ3v) is 8.64. The first-order valence-corrected chi connectivity index (χ1v) is 8.96. The summed E-state index contributed by atoms with van der Waals surface area (Å²) >= 11 is 5.64. The summed E-state index contributed by atoms with van der Waals surface area (Å²) < 4.78 is 7.39. The molecule has 94 valence electrons. The first-order valence-electron chi connectivity index (χ1n) is 5.71. The summed E-state index contributed by atoms with van der Waals surface area (Å²) in [5.74, 6) is -0.0560. The van der Waals surface area contributed by atoms with Gasteiger partial charge in [0, 0.05) is 11.8 Å². The second-order valence-corrected chi connectivity index (χ2v) is 11.2. The quantitative estimate of drug-likeness (QED) is 0.445. The van der Waals surface area contributed by atoms with Gasteiger partial charge in [0.15, 0.2) is 8.32 Å². The number of carbonyl (C=O) groups is 1. The van der Waals surface area contributed by atoms with Gasteiger partial charge in [0.2, 0.25) is 5.91 Å². The maximum atomic E-state index is 11.5. The lowest BCUT2D eigenvalue weighted by atomic mass is 9.96. The molecule has 0 aromatic carbocycles. The third kappa shape index (κ3) is 2.60. The van der Waals surface area contributed by atoms with Crippen molar-refractivity contribution in [3.05, 3.63) is 0 Å². The molecule has 1 amide bonds. The Morgan fingerprint density at radius 3 is 2.31 bits per heavy atom. The zero-order chi connectivity index (χ0) is 12.7. The van der Waals surface area contributed by atoms with Crippen molar-refractivity contribution in [3.63, 3.8) is 0 Å². The first-order chi connectivity index (χ1) is 7.06. The molecule has 0 N–H and O–H groups in total. The van der Waals surface area contributed by atoms with Crippen LogP contribution in [0.2, 0.25) is 18.1 Å². The molecule has 3 nitrogen and oxygen atoms in total. The van der Waals surface area contributed by atoms with Crippen LogP contribution in [-0.2, 0) is 9.22 Å². The summed E-state index contributed by atoms with van der Waals surface area (Å²) in [6, 6.07) is 0. The van der Waals surface area contributed by atoms with Crippen molar-refractivity contribution in [3.8, 4) is 0 Å². The van der Waals surface area contributed by atoms with Crippen LogP contribution in [0.4, 0.5) is 0 Å². The average Bonchev–Trinajstić information content (AvgIpc) is 2.10. The number of β-lactam (4-membered cyclic amide) rings is 1. The minimum Gasteiger partial charge on any atom is -0.413 e. The number of amides is 1. The molecule has 0 spiro atoms. The van der Waals surface area contributed by atoms with Crippen LogP contribution in [0.3, 0.4) is 0 Å². The molecule has 2 unspecified atom stereocenters. The molecular weight excluding hydrogens is 242 g/mol. The molecule has 1 aliphatic heterocycles. The highest BCUT2D eigenvalue weighted by atomic mass is 35.5. The van der Waals surface area contributed by atoms with E-state index in [9.17, 15) is 4.79 Å². The summed E-state index contributed by atoms with van der Waals surface area (Å²) in [5.41, 5.74) is 0. The second-order valence-electron chi connectivity index (χ2n) is 6.07. The smallest absolute Gasteiger partial charge is 0.244 e. The van der Waals surface area contributed by atoms with E-state index in [4.69, 9.17) is 16.2 Å². The molecule has 0 aliphatic carbocycles. The van der Waals surface area contributed by atoms with E-state index >= 15 is 0 Å². The van der Waals surface area contributed by atoms with Gasteiger partial charge in [-0.05, 0) is 25.1 Å². The zero-order valence-corrected chi connectivity index (χ0v) is 12.8. The number of rotatable bonds is 3. The summed E-state index contributed by atoms with van der Waals surface area (Å²) in [7, 11) is -1.78. The molecule has 0 aromatic rings. The molecule has 1 heterocycles. The van der Waals surface area contributed by atoms with E-state index in [1.807, 2.05) is 6.92 Å². The van der Waals surface area contributed by atoms with Crippen LogP contribution in [0, 0.1) is 5.92 Å². The molecule has 2 atom stereocenters. The van der Waals surface area contributed by atoms with E-state index < -0.39 is 8.32 Å². The average molecular weight is 264 g/mol. The van der Waals surface area contributed by atoms with Crippen LogP contribution in [0.15, 0.2) is 0 Å². The van der Waals surface area contributed by atoms with E-state index in [-0.39, 0.29) is 23.0 Å². The molecule has 1 rings (SSSR count). The van der Waals surface area contributed by atoms with Crippen LogP contribution in [0.5, 0.6) is 0 Å². The monoisotopic (exact) mass is 263 g/mol. The van der Waals surface area contributed by atoms with Gasteiger partial charge in [0.25, 0.3) is 0 Å². The van der Waals surface area contributed by atoms with E-state index in [1.165, 1.54) is 4.42 Å². The molecule has 0 saturated carbocycles. The summed E-state index contributed by atoms with van der Waals surface area (Å²) in [4.78, 5) is 11.5. The highest BCUT2D eigenvalue weighted by molar-refractivity contribution is 6.74. The molecular formula is C11H22ClNO2Si. The van der Waals surface area contributed by atoms with Crippen molar-refractivity contribution in [1.29, 1.82) is 0 Å². The van der Waals surface area contributed by atoms with E-state index in [1.54, 1.807) is 0 Å². The highest BCUT2D eigenvalue weighted by Gasteiger charge is 2.45. The number of nitrogens with zero attached hydrogens (tertiary/aromatic N) is 1. The van der Waals surface area contributed by atoms with Crippen molar-refractivity contribution < 1.29 is 9.22 Å². The first kappa shape index (κ1) is 14.0. The summed E-state index contributed by atoms with van der Waals surface area (Å²) in [5, 5.41) is 0.175. The van der Waals surface area contributed by atoms with Crippen LogP contribution in [-0.4, -0.2) is 31.3 Å². The minimum absolute atomic E-state index is 0.00660. The third-order valence-electron chi connectivity index (χ3n) is 3.77. The largest absolute Gasteiger partial charge is 0.413 e. The standard InChI is InChI=1S/C11H22ClNO2Si/c1-8(9-7-13(12)10(9)14)15-16(5,6)11(2,3)4/h8-9H,7H2,1-6H3. The van der Waals surface area contributed by atoms with Crippen LogP contribution >= 0.6 is 11.8 Å². The Hall–Kier alpha value is -0.0631. The Bertz CT molecular complexity index is 288. The Balaban J connectivity index is 2.58. The molecule has 0 aromatic heterocycles. The van der Waals surface area contributed by atoms with Crippen molar-refractivity contribution in [2.24, 2.45) is 5.92 Å². The number of hydrogen-bond donors (Lipinski definition) is 0. The van der Waals surface area contributed by atoms with E-state index in [0.29, 0.717) is 6.54 Å². The van der Waals surface area contributed by atoms with Gasteiger partial charge in [-0.25, -0.2) is 0 Å². The number of halogens is 1. The molecule has 16 heavy (non-hydrogen) atoms. The van der Waals surface area contributed by atoms with Crippen molar-refractivity contribution in [1.82, 2.24) is 4.42 Å². The van der Waals surface area contributed by atoms with E-state index in [0.717, 1.165) is 0 Å². The summed E-state index contributed by atoms with van der Waals surface area (Å²) in [6.45, 7) is 13.6. The van der Waals surface area contributed by atoms with Gasteiger partial charge in [-0.2, -0.15) is 0 Å². The molecule has 1 aliphatic rings. The van der Waals surface area contributed by atoms with Gasteiger partial charge in [-0.1, -0.05) is 20.8 Å². The lowest BCUT2D eigenvalue weighted by Crippen LogP contribution is -2.55. The SMILES string of the molecule is CC(O[Si](C)(C)C(C)(C)C)C1CN(Cl)C1=O. The predicted molar refractivity (Wildman–Crippen MR) is 68.8 cm³/mol. The number of carbonyl (C=O) groups excluding carboxylic acids is 1. The van der Waals surface area contributed by atoms with Gasteiger partial charge in [-0.3, -0.25) is 9.21 Å². The van der Waals surface area contributed by atoms with E-state index in [2.05, 4.69) is 33.9 Å². The molecule has 0 bridgehead atoms. The fraction of sp³-hybridized carbons (Fsp3) is 0.909. The molecule has 0 radical (unpaired) electrons. The van der Waals surface area contributed by atoms with Gasteiger partial charge < -0.3 is 4.43 Å². The van der Waals surface area contributed by atoms with Crippen molar-refractivity contribution >= 4 is 26.0 Å². The Kier molecular flexibility index (Phi) is 3.77. The lowest BCUT2D eigenvalue weighted by molar-refractivity contribution is -0.144. The lowest BCUT2D eigenvalue weighted by Gasteiger charge is -2.43. The maximum absolute atomic E-state index is 11.5. The summed E-state index contributed by atoms with van der Waals surface area (Å²) in [6.07, 6.45) is -0.0246. The topological polar surface area (TPSA) is 29.5 Å². The Labute approximate surface area is 104 Å². The van der Waals surface area contributed by atoms with Crippen LogP contribution in [0.25, 0.3) is 0 Å². The van der Waals surface area contributed by atoms with Crippen LogP contribution < -0.4 is 0 Å². The van der Waals surface area contributed by atoms with Gasteiger partial charge in [-0.15, -0.1) is 0 Å². The van der Waals surface area contributed by atoms with Gasteiger partial charge in [0.05, 0.1) is 18.6 Å². The predicted octanol–water partition coefficient (Wildman–Crippen LogP) is 3.01. The number of hydrogen-bond acceptors (Lipinski definition) is 2. The maximum Gasteiger partial charge on any atom is 0.244 e. The fourth-order valence-electron chi connectivity index (χ4n) is 1.48. The minimum atomic E-state index is -1.78. The van der Waals surface area contributed by atoms with Gasteiger partial charge >= 0.3 is 0 Å². The molecule has 1 fully saturated rings. The van der Waals surface area contributed by atoms with Crippen molar-refractivity contribution in [2.75, 3.05) is 6.54 Å². The molecule has 5 heteroatoms. The van der Waals surface area contributed by atoms with Crippen LogP contribution in [0.1, 0.15) is 27.7 Å².